The monoisotopic (exact) mass is 318 g/mol. The Morgan fingerprint density at radius 2 is 0.619 bits per heavy atom. The maximum Gasteiger partial charge on any atom is 0.0894 e. The van der Waals surface area contributed by atoms with E-state index in [1.54, 1.807) is 0 Å². The van der Waals surface area contributed by atoms with Crippen LogP contribution < -0.4 is 0 Å². The molecular weight excluding hydrogens is 279 g/mol. The van der Waals surface area contributed by atoms with Gasteiger partial charge < -0.3 is 0 Å². The van der Waals surface area contributed by atoms with Crippen LogP contribution in [-0.2, 0) is 0 Å². The minimum absolute atomic E-state index is 0.129. The lowest BCUT2D eigenvalue weighted by Gasteiger charge is -2.03. The molecule has 21 heavy (non-hydrogen) atoms. The second kappa shape index (κ2) is 20.3. The molecule has 0 aliphatic carbocycles. The summed E-state index contributed by atoms with van der Waals surface area (Å²) >= 11 is 4.24. The molecule has 2 heteroatoms. The molecule has 0 nitrogen and oxygen atoms in total. The first-order valence-corrected chi connectivity index (χ1v) is 10.2. The van der Waals surface area contributed by atoms with Crippen LogP contribution in [0.1, 0.15) is 109 Å². The lowest BCUT2D eigenvalue weighted by molar-refractivity contribution is 0.448. The molecule has 0 radical (unpaired) electrons. The number of thiol groups is 1. The molecule has 0 bridgehead atoms. The van der Waals surface area contributed by atoms with E-state index in [2.05, 4.69) is 12.6 Å². The van der Waals surface area contributed by atoms with Gasteiger partial charge in [0, 0.05) is 0 Å². The molecule has 0 aromatic carbocycles. The summed E-state index contributed by atoms with van der Waals surface area (Å²) in [5, 5.41) is 0. The number of hydrogen-bond acceptors (Lipinski definition) is 1. The maximum absolute atomic E-state index is 11.9. The maximum atomic E-state index is 11.9. The third kappa shape index (κ3) is 20.3. The van der Waals surface area contributed by atoms with Crippen LogP contribution in [0.3, 0.4) is 0 Å². The first-order valence-electron chi connectivity index (χ1n) is 9.58. The Morgan fingerprint density at radius 3 is 0.857 bits per heavy atom. The highest BCUT2D eigenvalue weighted by atomic mass is 32.1. The molecule has 0 aliphatic heterocycles. The third-order valence-corrected chi connectivity index (χ3v) is 4.61. The van der Waals surface area contributed by atoms with Crippen molar-refractivity contribution in [2.24, 2.45) is 0 Å². The van der Waals surface area contributed by atoms with Gasteiger partial charge in [0.2, 0.25) is 0 Å². The molecule has 0 fully saturated rings. The molecule has 0 rings (SSSR count). The highest BCUT2D eigenvalue weighted by Gasteiger charge is 1.94. The summed E-state index contributed by atoms with van der Waals surface area (Å²) in [7, 11) is 0. The SMILES string of the molecule is FCCCCCCCCCCCCCCCCCCCS. The van der Waals surface area contributed by atoms with Crippen LogP contribution in [0.5, 0.6) is 0 Å². The van der Waals surface area contributed by atoms with Crippen LogP contribution in [0, 0.1) is 0 Å². The van der Waals surface area contributed by atoms with Gasteiger partial charge in [0.1, 0.15) is 0 Å². The van der Waals surface area contributed by atoms with Crippen LogP contribution in [-0.4, -0.2) is 12.4 Å². The van der Waals surface area contributed by atoms with Crippen molar-refractivity contribution in [3.8, 4) is 0 Å². The van der Waals surface area contributed by atoms with Crippen molar-refractivity contribution in [3.05, 3.63) is 0 Å². The van der Waals surface area contributed by atoms with Crippen molar-refractivity contribution >= 4 is 12.6 Å². The second-order valence-electron chi connectivity index (χ2n) is 6.42. The van der Waals surface area contributed by atoms with Gasteiger partial charge in [-0.2, -0.15) is 12.6 Å². The van der Waals surface area contributed by atoms with Crippen molar-refractivity contribution in [2.45, 2.75) is 109 Å². The van der Waals surface area contributed by atoms with E-state index in [0.717, 1.165) is 18.6 Å². The molecule has 128 valence electrons. The first-order chi connectivity index (χ1) is 10.4. The Labute approximate surface area is 139 Å². The smallest absolute Gasteiger partial charge is 0.0894 e. The zero-order valence-corrected chi connectivity index (χ0v) is 15.2. The van der Waals surface area contributed by atoms with E-state index < -0.39 is 0 Å². The van der Waals surface area contributed by atoms with Crippen LogP contribution in [0.15, 0.2) is 0 Å². The number of unbranched alkanes of at least 4 members (excludes halogenated alkanes) is 16. The van der Waals surface area contributed by atoms with Gasteiger partial charge in [0.25, 0.3) is 0 Å². The molecule has 0 amide bonds. The lowest BCUT2D eigenvalue weighted by Crippen LogP contribution is -1.84. The van der Waals surface area contributed by atoms with Gasteiger partial charge in [-0.1, -0.05) is 96.3 Å². The quantitative estimate of drug-likeness (QED) is 0.196. The summed E-state index contributed by atoms with van der Waals surface area (Å²) < 4.78 is 11.9. The van der Waals surface area contributed by atoms with Crippen LogP contribution in [0.2, 0.25) is 0 Å². The number of hydrogen-bond donors (Lipinski definition) is 1. The van der Waals surface area contributed by atoms with E-state index in [9.17, 15) is 4.39 Å². The van der Waals surface area contributed by atoms with Crippen molar-refractivity contribution < 1.29 is 4.39 Å². The van der Waals surface area contributed by atoms with Crippen LogP contribution in [0.4, 0.5) is 4.39 Å². The minimum atomic E-state index is -0.129. The Kier molecular flexibility index (Phi) is 20.6. The molecular formula is C19H39FS. The number of halogens is 1. The zero-order chi connectivity index (χ0) is 15.4. The first kappa shape index (κ1) is 21.3. The second-order valence-corrected chi connectivity index (χ2v) is 6.87. The van der Waals surface area contributed by atoms with E-state index in [1.165, 1.54) is 96.3 Å². The standard InChI is InChI=1S/C19H39FS/c20-18-16-14-12-10-8-6-4-2-1-3-5-7-9-11-13-15-17-19-21/h21H,1-19H2. The number of rotatable bonds is 18. The summed E-state index contributed by atoms with van der Waals surface area (Å²) in [4.78, 5) is 0. The van der Waals surface area contributed by atoms with Gasteiger partial charge in [0.15, 0.2) is 0 Å². The molecule has 0 heterocycles. The lowest BCUT2D eigenvalue weighted by atomic mass is 10.0. The highest BCUT2D eigenvalue weighted by Crippen LogP contribution is 2.14. The van der Waals surface area contributed by atoms with Crippen molar-refractivity contribution in [2.75, 3.05) is 12.4 Å². The van der Waals surface area contributed by atoms with Gasteiger partial charge in [-0.15, -0.1) is 0 Å². The van der Waals surface area contributed by atoms with Crippen LogP contribution in [0.25, 0.3) is 0 Å². The van der Waals surface area contributed by atoms with Gasteiger partial charge in [-0.3, -0.25) is 4.39 Å². The third-order valence-electron chi connectivity index (χ3n) is 4.29. The molecule has 0 atom stereocenters. The topological polar surface area (TPSA) is 0 Å². The zero-order valence-electron chi connectivity index (χ0n) is 14.3. The fourth-order valence-electron chi connectivity index (χ4n) is 2.86. The molecule has 0 saturated carbocycles. The Morgan fingerprint density at radius 1 is 0.381 bits per heavy atom. The average Bonchev–Trinajstić information content (AvgIpc) is 2.50. The summed E-state index contributed by atoms with van der Waals surface area (Å²) in [6.07, 6.45) is 22.7. The largest absolute Gasteiger partial charge is 0.251 e. The molecule has 0 N–H and O–H groups in total. The van der Waals surface area contributed by atoms with Crippen molar-refractivity contribution in [1.82, 2.24) is 0 Å². The van der Waals surface area contributed by atoms with Gasteiger partial charge in [-0.25, -0.2) is 0 Å². The number of alkyl halides is 1. The Bertz CT molecular complexity index is 155. The summed E-state index contributed by atoms with van der Waals surface area (Å²) in [5.74, 6) is 1.05. The summed E-state index contributed by atoms with van der Waals surface area (Å²) in [6, 6.07) is 0. The van der Waals surface area contributed by atoms with E-state index >= 15 is 0 Å². The van der Waals surface area contributed by atoms with E-state index in [1.807, 2.05) is 0 Å². The molecule has 0 spiro atoms. The average molecular weight is 319 g/mol. The Balaban J connectivity index is 2.90. The van der Waals surface area contributed by atoms with E-state index in [4.69, 9.17) is 0 Å². The van der Waals surface area contributed by atoms with E-state index in [0.29, 0.717) is 0 Å². The van der Waals surface area contributed by atoms with Gasteiger partial charge in [0.05, 0.1) is 6.67 Å². The van der Waals surface area contributed by atoms with Crippen LogP contribution >= 0.6 is 12.6 Å². The van der Waals surface area contributed by atoms with Crippen molar-refractivity contribution in [1.29, 1.82) is 0 Å². The van der Waals surface area contributed by atoms with Gasteiger partial charge in [-0.05, 0) is 18.6 Å². The fourth-order valence-corrected chi connectivity index (χ4v) is 3.08. The molecule has 0 aliphatic rings. The predicted molar refractivity (Wildman–Crippen MR) is 98.3 cm³/mol. The van der Waals surface area contributed by atoms with Crippen molar-refractivity contribution in [3.63, 3.8) is 0 Å². The predicted octanol–water partition coefficient (Wildman–Crippen LogP) is 7.52. The van der Waals surface area contributed by atoms with Gasteiger partial charge >= 0.3 is 0 Å². The molecule has 0 aromatic heterocycles. The molecule has 0 aromatic rings. The molecule has 0 saturated heterocycles. The highest BCUT2D eigenvalue weighted by molar-refractivity contribution is 7.80. The Hall–Kier alpha value is 0.280. The molecule has 0 unspecified atom stereocenters. The normalized spacial score (nSPS) is 11.1. The fraction of sp³-hybridized carbons (Fsp3) is 1.00. The van der Waals surface area contributed by atoms with E-state index in [-0.39, 0.29) is 6.67 Å². The minimum Gasteiger partial charge on any atom is -0.251 e. The summed E-state index contributed by atoms with van der Waals surface area (Å²) in [6.45, 7) is -0.129. The summed E-state index contributed by atoms with van der Waals surface area (Å²) in [5.41, 5.74) is 0.